The Morgan fingerprint density at radius 3 is 2.60 bits per heavy atom. The van der Waals surface area contributed by atoms with E-state index in [0.29, 0.717) is 24.1 Å². The molecule has 2 aromatic carbocycles. The lowest BCUT2D eigenvalue weighted by Crippen LogP contribution is -2.43. The van der Waals surface area contributed by atoms with E-state index in [-0.39, 0.29) is 35.3 Å². The zero-order valence-electron chi connectivity index (χ0n) is 19.9. The van der Waals surface area contributed by atoms with Gasteiger partial charge in [-0.05, 0) is 62.9 Å². The Hall–Kier alpha value is -3.30. The third kappa shape index (κ3) is 5.52. The van der Waals surface area contributed by atoms with E-state index in [4.69, 9.17) is 4.52 Å². The Bertz CT molecular complexity index is 1360. The number of anilines is 1. The molecule has 1 aromatic heterocycles. The highest BCUT2D eigenvalue weighted by Gasteiger charge is 2.37. The van der Waals surface area contributed by atoms with E-state index in [1.54, 1.807) is 38.1 Å². The standard InChI is InChI=1S/C26H28FN3O4S/c1-17-6-9-20(10-7-17)11-13-24-25(19(3)29-34-24)35(32,33)30-14-4-5-21(16-30)26(31)28-22-12-8-18(2)23(27)15-22/h6-13,15,21H,4-5,14,16H2,1-3H3,(H,28,31)/b13-11+/t21-/m0/s1. The van der Waals surface area contributed by atoms with Gasteiger partial charge in [0.15, 0.2) is 10.7 Å². The van der Waals surface area contributed by atoms with Crippen LogP contribution in [0.25, 0.3) is 12.2 Å². The van der Waals surface area contributed by atoms with Gasteiger partial charge in [0, 0.05) is 18.8 Å². The first-order valence-corrected chi connectivity index (χ1v) is 12.9. The minimum Gasteiger partial charge on any atom is -0.355 e. The summed E-state index contributed by atoms with van der Waals surface area (Å²) in [6.45, 7) is 5.52. The van der Waals surface area contributed by atoms with E-state index in [1.807, 2.05) is 31.2 Å². The molecule has 9 heteroatoms. The lowest BCUT2D eigenvalue weighted by atomic mass is 9.98. The van der Waals surface area contributed by atoms with Gasteiger partial charge >= 0.3 is 0 Å². The lowest BCUT2D eigenvalue weighted by Gasteiger charge is -2.31. The number of piperidine rings is 1. The molecule has 35 heavy (non-hydrogen) atoms. The molecule has 0 unspecified atom stereocenters. The molecule has 0 saturated carbocycles. The van der Waals surface area contributed by atoms with E-state index < -0.39 is 21.8 Å². The van der Waals surface area contributed by atoms with Crippen molar-refractivity contribution in [1.82, 2.24) is 9.46 Å². The molecular weight excluding hydrogens is 469 g/mol. The van der Waals surface area contributed by atoms with E-state index in [0.717, 1.165) is 11.1 Å². The quantitative estimate of drug-likeness (QED) is 0.520. The predicted octanol–water partition coefficient (Wildman–Crippen LogP) is 4.95. The molecule has 0 spiro atoms. The number of aromatic nitrogens is 1. The van der Waals surface area contributed by atoms with Crippen molar-refractivity contribution < 1.29 is 22.1 Å². The number of aryl methyl sites for hydroxylation is 3. The molecule has 1 amide bonds. The summed E-state index contributed by atoms with van der Waals surface area (Å²) >= 11 is 0. The smallest absolute Gasteiger partial charge is 0.248 e. The van der Waals surface area contributed by atoms with Crippen molar-refractivity contribution >= 4 is 33.8 Å². The van der Waals surface area contributed by atoms with Gasteiger partial charge < -0.3 is 9.84 Å². The largest absolute Gasteiger partial charge is 0.355 e. The van der Waals surface area contributed by atoms with Crippen molar-refractivity contribution in [2.45, 2.75) is 38.5 Å². The molecule has 1 saturated heterocycles. The number of nitrogens with one attached hydrogen (secondary N) is 1. The molecule has 3 aromatic rings. The second-order valence-electron chi connectivity index (χ2n) is 8.86. The number of benzene rings is 2. The molecule has 1 aliphatic rings. The lowest BCUT2D eigenvalue weighted by molar-refractivity contribution is -0.120. The zero-order valence-corrected chi connectivity index (χ0v) is 20.7. The summed E-state index contributed by atoms with van der Waals surface area (Å²) in [7, 11) is -3.96. The fraction of sp³-hybridized carbons (Fsp3) is 0.308. The summed E-state index contributed by atoms with van der Waals surface area (Å²) < 4.78 is 47.6. The van der Waals surface area contributed by atoms with Gasteiger partial charge in [0.1, 0.15) is 11.5 Å². The SMILES string of the molecule is Cc1ccc(/C=C/c2onc(C)c2S(=O)(=O)N2CCC[C@H](C(=O)Nc3ccc(C)c(F)c3)C2)cc1. The number of amides is 1. The van der Waals surface area contributed by atoms with Crippen LogP contribution < -0.4 is 5.32 Å². The van der Waals surface area contributed by atoms with Crippen molar-refractivity contribution in [1.29, 1.82) is 0 Å². The first-order chi connectivity index (χ1) is 16.6. The van der Waals surface area contributed by atoms with Gasteiger partial charge in [-0.1, -0.05) is 47.1 Å². The van der Waals surface area contributed by atoms with Gasteiger partial charge in [0.2, 0.25) is 15.9 Å². The third-order valence-corrected chi connectivity index (χ3v) is 8.15. The van der Waals surface area contributed by atoms with Crippen LogP contribution in [0.5, 0.6) is 0 Å². The highest BCUT2D eigenvalue weighted by atomic mass is 32.2. The van der Waals surface area contributed by atoms with Gasteiger partial charge in [-0.15, -0.1) is 0 Å². The van der Waals surface area contributed by atoms with Crippen LogP contribution in [-0.4, -0.2) is 36.9 Å². The molecule has 1 atom stereocenters. The second-order valence-corrected chi connectivity index (χ2v) is 10.7. The van der Waals surface area contributed by atoms with Gasteiger partial charge in [-0.2, -0.15) is 4.31 Å². The van der Waals surface area contributed by atoms with Crippen molar-refractivity contribution in [3.05, 3.63) is 76.4 Å². The van der Waals surface area contributed by atoms with Gasteiger partial charge in [-0.3, -0.25) is 4.79 Å². The number of rotatable bonds is 6. The Balaban J connectivity index is 1.52. The van der Waals surface area contributed by atoms with Gasteiger partial charge in [-0.25, -0.2) is 12.8 Å². The van der Waals surface area contributed by atoms with Crippen molar-refractivity contribution in [2.24, 2.45) is 5.92 Å². The minimum absolute atomic E-state index is 0.00234. The number of hydrogen-bond donors (Lipinski definition) is 1. The Morgan fingerprint density at radius 1 is 1.14 bits per heavy atom. The van der Waals surface area contributed by atoms with Crippen molar-refractivity contribution in [3.63, 3.8) is 0 Å². The van der Waals surface area contributed by atoms with Crippen LogP contribution in [-0.2, 0) is 14.8 Å². The number of halogens is 1. The molecule has 0 radical (unpaired) electrons. The van der Waals surface area contributed by atoms with Crippen molar-refractivity contribution in [2.75, 3.05) is 18.4 Å². The molecule has 1 N–H and O–H groups in total. The predicted molar refractivity (Wildman–Crippen MR) is 133 cm³/mol. The topological polar surface area (TPSA) is 92.5 Å². The molecule has 1 aliphatic heterocycles. The van der Waals surface area contributed by atoms with Crippen LogP contribution in [0.2, 0.25) is 0 Å². The molecule has 0 bridgehead atoms. The molecular formula is C26H28FN3O4S. The number of sulfonamides is 1. The summed E-state index contributed by atoms with van der Waals surface area (Å²) in [4.78, 5) is 12.8. The molecule has 4 rings (SSSR count). The third-order valence-electron chi connectivity index (χ3n) is 6.13. The maximum Gasteiger partial charge on any atom is 0.248 e. The minimum atomic E-state index is -3.96. The van der Waals surface area contributed by atoms with Crippen LogP contribution >= 0.6 is 0 Å². The Morgan fingerprint density at radius 2 is 1.89 bits per heavy atom. The maximum absolute atomic E-state index is 13.9. The average Bonchev–Trinajstić information content (AvgIpc) is 3.22. The number of hydrogen-bond acceptors (Lipinski definition) is 5. The first-order valence-electron chi connectivity index (χ1n) is 11.4. The summed E-state index contributed by atoms with van der Waals surface area (Å²) in [5, 5.41) is 6.59. The first kappa shape index (κ1) is 24.8. The number of carbonyl (C=O) groups is 1. The van der Waals surface area contributed by atoms with E-state index in [1.165, 1.54) is 10.4 Å². The summed E-state index contributed by atoms with van der Waals surface area (Å²) in [5.74, 6) is -1.17. The van der Waals surface area contributed by atoms with E-state index in [9.17, 15) is 17.6 Å². The zero-order chi connectivity index (χ0) is 25.2. The fourth-order valence-corrected chi connectivity index (χ4v) is 5.84. The number of carbonyl (C=O) groups excluding carboxylic acids is 1. The maximum atomic E-state index is 13.9. The van der Waals surface area contributed by atoms with E-state index in [2.05, 4.69) is 10.5 Å². The van der Waals surface area contributed by atoms with Crippen LogP contribution in [0.4, 0.5) is 10.1 Å². The van der Waals surface area contributed by atoms with E-state index >= 15 is 0 Å². The molecule has 2 heterocycles. The molecule has 7 nitrogen and oxygen atoms in total. The van der Waals surface area contributed by atoms with Gasteiger partial charge in [0.25, 0.3) is 0 Å². The molecule has 184 valence electrons. The summed E-state index contributed by atoms with van der Waals surface area (Å²) in [5.41, 5.74) is 3.10. The van der Waals surface area contributed by atoms with Crippen LogP contribution in [0.1, 0.15) is 41.0 Å². The second kappa shape index (κ2) is 10.1. The van der Waals surface area contributed by atoms with Crippen LogP contribution in [0.15, 0.2) is 51.9 Å². The Kier molecular flexibility index (Phi) is 7.18. The normalized spacial score (nSPS) is 17.1. The highest BCUT2D eigenvalue weighted by Crippen LogP contribution is 2.30. The van der Waals surface area contributed by atoms with Gasteiger partial charge in [0.05, 0.1) is 5.92 Å². The van der Waals surface area contributed by atoms with Crippen molar-refractivity contribution in [3.8, 4) is 0 Å². The molecule has 0 aliphatic carbocycles. The summed E-state index contributed by atoms with van der Waals surface area (Å²) in [6.07, 6.45) is 4.43. The average molecular weight is 498 g/mol. The molecule has 1 fully saturated rings. The fourth-order valence-electron chi connectivity index (χ4n) is 4.07. The van der Waals surface area contributed by atoms with Crippen LogP contribution in [0, 0.1) is 32.5 Å². The summed E-state index contributed by atoms with van der Waals surface area (Å²) in [6, 6.07) is 12.3. The van der Waals surface area contributed by atoms with Crippen LogP contribution in [0.3, 0.4) is 0 Å². The monoisotopic (exact) mass is 497 g/mol. The Labute approximate surface area is 204 Å². The highest BCUT2D eigenvalue weighted by molar-refractivity contribution is 7.89. The number of nitrogens with zero attached hydrogens (tertiary/aromatic N) is 2.